The fourth-order valence-electron chi connectivity index (χ4n) is 2.07. The summed E-state index contributed by atoms with van der Waals surface area (Å²) in [6.07, 6.45) is -1.54. The maximum atomic E-state index is 12.5. The molecule has 0 heterocycles. The van der Waals surface area contributed by atoms with Crippen LogP contribution in [0.3, 0.4) is 0 Å². The second kappa shape index (κ2) is 10.6. The third-order valence-electron chi connectivity index (χ3n) is 3.34. The Hall–Kier alpha value is -1.69. The second-order valence-corrected chi connectivity index (χ2v) is 8.17. The van der Waals surface area contributed by atoms with Gasteiger partial charge in [0.25, 0.3) is 5.91 Å². The number of nitrogens with zero attached hydrogens (tertiary/aromatic N) is 1. The Morgan fingerprint density at radius 1 is 1.26 bits per heavy atom. The molecule has 0 aliphatic rings. The number of halogens is 1. The molecule has 11 heteroatoms. The molecule has 1 rings (SSSR count). The van der Waals surface area contributed by atoms with Crippen molar-refractivity contribution in [2.24, 2.45) is 5.92 Å². The predicted molar refractivity (Wildman–Crippen MR) is 103 cm³/mol. The Balaban J connectivity index is 2.68. The van der Waals surface area contributed by atoms with E-state index >= 15 is 0 Å². The summed E-state index contributed by atoms with van der Waals surface area (Å²) in [7, 11) is -3.16. The summed E-state index contributed by atoms with van der Waals surface area (Å²) in [5.41, 5.74) is 0.508. The number of hydrogen-bond acceptors (Lipinski definition) is 6. The van der Waals surface area contributed by atoms with Gasteiger partial charge in [-0.1, -0.05) is 29.8 Å². The number of ether oxygens (including phenoxy) is 1. The normalized spacial score (nSPS) is 12.5. The van der Waals surface area contributed by atoms with Crippen LogP contribution in [0.4, 0.5) is 10.5 Å². The molecule has 0 aliphatic heterocycles. The number of nitrogens with one attached hydrogen (secondary N) is 1. The molecule has 9 nitrogen and oxygen atoms in total. The number of likely N-dealkylation sites (N-methyl/N-ethyl adjacent to an activating group) is 1. The molecule has 0 fully saturated rings. The van der Waals surface area contributed by atoms with Gasteiger partial charge < -0.3 is 9.64 Å². The first-order valence-electron chi connectivity index (χ1n) is 8.08. The molecule has 1 aromatic carbocycles. The molecule has 2 N–H and O–H groups in total. The smallest absolute Gasteiger partial charge is 0.412 e. The van der Waals surface area contributed by atoms with Crippen molar-refractivity contribution < 1.29 is 31.5 Å². The molecule has 0 aliphatic carbocycles. The molecular formula is C16H23BrN2O7S. The molecule has 0 saturated heterocycles. The van der Waals surface area contributed by atoms with Crippen molar-refractivity contribution >= 4 is 44.0 Å². The van der Waals surface area contributed by atoms with E-state index in [0.717, 1.165) is 4.47 Å². The zero-order valence-corrected chi connectivity index (χ0v) is 17.6. The van der Waals surface area contributed by atoms with Gasteiger partial charge in [-0.05, 0) is 36.6 Å². The van der Waals surface area contributed by atoms with E-state index in [-0.39, 0.29) is 18.9 Å². The van der Waals surface area contributed by atoms with E-state index in [1.807, 2.05) is 13.8 Å². The lowest BCUT2D eigenvalue weighted by Crippen LogP contribution is -2.42. The van der Waals surface area contributed by atoms with Crippen LogP contribution in [0.25, 0.3) is 0 Å². The van der Waals surface area contributed by atoms with Gasteiger partial charge in [-0.25, -0.2) is 8.98 Å². The van der Waals surface area contributed by atoms with Gasteiger partial charge in [-0.2, -0.15) is 8.42 Å². The summed E-state index contributed by atoms with van der Waals surface area (Å²) in [6.45, 7) is 3.22. The highest BCUT2D eigenvalue weighted by atomic mass is 79.9. The number of rotatable bonds is 9. The average molecular weight is 467 g/mol. The van der Waals surface area contributed by atoms with E-state index in [2.05, 4.69) is 25.4 Å². The summed E-state index contributed by atoms with van der Waals surface area (Å²) >= 11 is 3.29. The standard InChI is InChI=1S/C16H23BrN2O7S/c1-11(2)10-14(15(20)19(3)8-9-25-27(22,23)24)26-16(21)18-13-6-4-12(17)5-7-13/h4-7,11,14H,8-10H2,1-3H3,(H,18,21)(H,22,23,24). The fourth-order valence-corrected chi connectivity index (χ4v) is 2.62. The molecule has 1 atom stereocenters. The number of carbonyl (C=O) groups is 2. The number of anilines is 1. The van der Waals surface area contributed by atoms with Crippen LogP contribution in [-0.4, -0.2) is 56.2 Å². The first-order valence-corrected chi connectivity index (χ1v) is 10.2. The van der Waals surface area contributed by atoms with Crippen molar-refractivity contribution in [2.45, 2.75) is 26.4 Å². The molecule has 1 unspecified atom stereocenters. The van der Waals surface area contributed by atoms with E-state index in [1.165, 1.54) is 11.9 Å². The van der Waals surface area contributed by atoms with E-state index in [1.54, 1.807) is 24.3 Å². The summed E-state index contributed by atoms with van der Waals surface area (Å²) in [4.78, 5) is 25.8. The minimum absolute atomic E-state index is 0.0712. The maximum Gasteiger partial charge on any atom is 0.412 e. The Labute approximate surface area is 167 Å². The molecule has 152 valence electrons. The van der Waals surface area contributed by atoms with Crippen molar-refractivity contribution in [3.63, 3.8) is 0 Å². The predicted octanol–water partition coefficient (Wildman–Crippen LogP) is 2.69. The number of benzene rings is 1. The van der Waals surface area contributed by atoms with Crippen molar-refractivity contribution in [3.8, 4) is 0 Å². The quantitative estimate of drug-likeness (QED) is 0.536. The molecule has 0 radical (unpaired) electrons. The highest BCUT2D eigenvalue weighted by Gasteiger charge is 2.27. The van der Waals surface area contributed by atoms with Gasteiger partial charge >= 0.3 is 16.5 Å². The van der Waals surface area contributed by atoms with Crippen molar-refractivity contribution in [2.75, 3.05) is 25.5 Å². The SMILES string of the molecule is CC(C)CC(OC(=O)Nc1ccc(Br)cc1)C(=O)N(C)CCOS(=O)(=O)O. The van der Waals surface area contributed by atoms with Crippen LogP contribution in [0.15, 0.2) is 28.7 Å². The Kier molecular flexibility index (Phi) is 9.16. The van der Waals surface area contributed by atoms with Crippen molar-refractivity contribution in [1.29, 1.82) is 0 Å². The van der Waals surface area contributed by atoms with Gasteiger partial charge in [0.1, 0.15) is 0 Å². The van der Waals surface area contributed by atoms with Gasteiger partial charge in [0.2, 0.25) is 0 Å². The van der Waals surface area contributed by atoms with E-state index < -0.39 is 35.1 Å². The lowest BCUT2D eigenvalue weighted by molar-refractivity contribution is -0.139. The van der Waals surface area contributed by atoms with Gasteiger partial charge in [0, 0.05) is 23.8 Å². The van der Waals surface area contributed by atoms with E-state index in [4.69, 9.17) is 9.29 Å². The maximum absolute atomic E-state index is 12.5. The van der Waals surface area contributed by atoms with E-state index in [9.17, 15) is 18.0 Å². The zero-order valence-electron chi connectivity index (χ0n) is 15.2. The van der Waals surface area contributed by atoms with Crippen LogP contribution in [0, 0.1) is 5.92 Å². The largest absolute Gasteiger partial charge is 0.436 e. The van der Waals surface area contributed by atoms with Crippen LogP contribution in [0.1, 0.15) is 20.3 Å². The van der Waals surface area contributed by atoms with Crippen LogP contribution in [-0.2, 0) is 24.1 Å². The number of hydrogen-bond donors (Lipinski definition) is 2. The van der Waals surface area contributed by atoms with Crippen LogP contribution >= 0.6 is 15.9 Å². The molecule has 27 heavy (non-hydrogen) atoms. The lowest BCUT2D eigenvalue weighted by Gasteiger charge is -2.24. The van der Waals surface area contributed by atoms with E-state index in [0.29, 0.717) is 5.69 Å². The third-order valence-corrected chi connectivity index (χ3v) is 4.33. The summed E-state index contributed by atoms with van der Waals surface area (Å²) in [5, 5.41) is 2.54. The van der Waals surface area contributed by atoms with Crippen molar-refractivity contribution in [1.82, 2.24) is 4.90 Å². The molecule has 1 aromatic rings. The number of amides is 2. The molecule has 0 saturated carbocycles. The summed E-state index contributed by atoms with van der Waals surface area (Å²) < 4.78 is 39.9. The summed E-state index contributed by atoms with van der Waals surface area (Å²) in [6, 6.07) is 6.83. The fraction of sp³-hybridized carbons (Fsp3) is 0.500. The van der Waals surface area contributed by atoms with Gasteiger partial charge in [-0.3, -0.25) is 14.7 Å². The third kappa shape index (κ3) is 9.70. The molecule has 0 aromatic heterocycles. The Morgan fingerprint density at radius 2 is 1.85 bits per heavy atom. The molecule has 0 bridgehead atoms. The topological polar surface area (TPSA) is 122 Å². The van der Waals surface area contributed by atoms with Crippen molar-refractivity contribution in [3.05, 3.63) is 28.7 Å². The van der Waals surface area contributed by atoms with Crippen LogP contribution in [0.5, 0.6) is 0 Å². The lowest BCUT2D eigenvalue weighted by atomic mass is 10.1. The first kappa shape index (κ1) is 23.3. The van der Waals surface area contributed by atoms with Crippen LogP contribution < -0.4 is 5.32 Å². The summed E-state index contributed by atoms with van der Waals surface area (Å²) in [5.74, 6) is -0.435. The monoisotopic (exact) mass is 466 g/mol. The van der Waals surface area contributed by atoms with Gasteiger partial charge in [-0.15, -0.1) is 0 Å². The molecular weight excluding hydrogens is 444 g/mol. The average Bonchev–Trinajstić information content (AvgIpc) is 2.54. The highest BCUT2D eigenvalue weighted by molar-refractivity contribution is 9.10. The zero-order chi connectivity index (χ0) is 20.6. The van der Waals surface area contributed by atoms with Crippen LogP contribution in [0.2, 0.25) is 0 Å². The highest BCUT2D eigenvalue weighted by Crippen LogP contribution is 2.16. The number of carbonyl (C=O) groups excluding carboxylic acids is 2. The first-order chi connectivity index (χ1) is 12.5. The Morgan fingerprint density at radius 3 is 2.37 bits per heavy atom. The molecule has 0 spiro atoms. The Bertz CT molecular complexity index is 738. The minimum atomic E-state index is -4.58. The van der Waals surface area contributed by atoms with Gasteiger partial charge in [0.15, 0.2) is 6.10 Å². The second-order valence-electron chi connectivity index (χ2n) is 6.16. The minimum Gasteiger partial charge on any atom is -0.436 e. The van der Waals surface area contributed by atoms with Gasteiger partial charge in [0.05, 0.1) is 6.61 Å². The molecule has 2 amide bonds.